The number of hydrogen-bond donors (Lipinski definition) is 1. The van der Waals surface area contributed by atoms with E-state index in [1.807, 2.05) is 44.2 Å². The second-order valence-electron chi connectivity index (χ2n) is 6.28. The summed E-state index contributed by atoms with van der Waals surface area (Å²) in [6, 6.07) is 13.0. The largest absolute Gasteiger partial charge is 0.271 e. The maximum absolute atomic E-state index is 12.3. The molecule has 0 fully saturated rings. The van der Waals surface area contributed by atoms with Crippen molar-refractivity contribution < 1.29 is 13.2 Å². The van der Waals surface area contributed by atoms with E-state index in [2.05, 4.69) is 33.1 Å². The zero-order chi connectivity index (χ0) is 20.2. The standard InChI is InChI=1S/C19H22IN3O3S/c1-13-8-9-18(10-14(13)2)23(27(4,25)26)12-19(24)22-21-15(3)16-6-5-7-17(20)11-16/h5-11H,12H2,1-4H3,(H,22,24)/b21-15-. The molecule has 2 aromatic carbocycles. The van der Waals surface area contributed by atoms with Crippen molar-refractivity contribution in [2.24, 2.45) is 5.10 Å². The summed E-state index contributed by atoms with van der Waals surface area (Å²) in [5, 5.41) is 4.09. The Hall–Kier alpha value is -1.94. The number of aryl methyl sites for hydroxylation is 2. The molecule has 0 aliphatic heterocycles. The quantitative estimate of drug-likeness (QED) is 0.377. The first-order chi connectivity index (χ1) is 12.6. The molecule has 2 aromatic rings. The number of carbonyl (C=O) groups is 1. The normalized spacial score (nSPS) is 12.0. The molecule has 0 radical (unpaired) electrons. The Morgan fingerprint density at radius 1 is 1.15 bits per heavy atom. The molecule has 0 saturated heterocycles. The van der Waals surface area contributed by atoms with Gasteiger partial charge in [0.1, 0.15) is 6.54 Å². The summed E-state index contributed by atoms with van der Waals surface area (Å²) in [6.07, 6.45) is 1.08. The van der Waals surface area contributed by atoms with Gasteiger partial charge in [-0.1, -0.05) is 18.2 Å². The van der Waals surface area contributed by atoms with Crippen LogP contribution in [0.25, 0.3) is 0 Å². The summed E-state index contributed by atoms with van der Waals surface area (Å²) in [4.78, 5) is 12.3. The number of hydrogen-bond acceptors (Lipinski definition) is 4. The summed E-state index contributed by atoms with van der Waals surface area (Å²) >= 11 is 2.20. The molecule has 0 saturated carbocycles. The van der Waals surface area contributed by atoms with Gasteiger partial charge in [-0.3, -0.25) is 9.10 Å². The van der Waals surface area contributed by atoms with E-state index in [9.17, 15) is 13.2 Å². The van der Waals surface area contributed by atoms with Gasteiger partial charge in [-0.05, 0) is 84.3 Å². The molecule has 144 valence electrons. The number of sulfonamides is 1. The van der Waals surface area contributed by atoms with Crippen LogP contribution in [0, 0.1) is 17.4 Å². The number of halogens is 1. The van der Waals surface area contributed by atoms with Crippen LogP contribution in [-0.4, -0.2) is 32.8 Å². The van der Waals surface area contributed by atoms with Gasteiger partial charge in [-0.25, -0.2) is 13.8 Å². The summed E-state index contributed by atoms with van der Waals surface area (Å²) in [6.45, 7) is 5.28. The number of nitrogens with one attached hydrogen (secondary N) is 1. The summed E-state index contributed by atoms with van der Waals surface area (Å²) in [5.74, 6) is -0.511. The number of carbonyl (C=O) groups excluding carboxylic acids is 1. The van der Waals surface area contributed by atoms with E-state index in [0.29, 0.717) is 11.4 Å². The minimum atomic E-state index is -3.62. The SMILES string of the molecule is C/C(=N/NC(=O)CN(c1ccc(C)c(C)c1)S(C)(=O)=O)c1cccc(I)c1. The molecule has 0 aliphatic rings. The van der Waals surface area contributed by atoms with Gasteiger partial charge in [-0.2, -0.15) is 5.10 Å². The molecule has 1 amide bonds. The van der Waals surface area contributed by atoms with E-state index in [4.69, 9.17) is 0 Å². The van der Waals surface area contributed by atoms with E-state index in [1.54, 1.807) is 19.1 Å². The third-order valence-electron chi connectivity index (χ3n) is 4.06. The summed E-state index contributed by atoms with van der Waals surface area (Å²) in [7, 11) is -3.62. The zero-order valence-electron chi connectivity index (χ0n) is 15.7. The highest BCUT2D eigenvalue weighted by atomic mass is 127. The average molecular weight is 499 g/mol. The Labute approximate surface area is 173 Å². The number of anilines is 1. The van der Waals surface area contributed by atoms with Crippen LogP contribution < -0.4 is 9.73 Å². The average Bonchev–Trinajstić information content (AvgIpc) is 2.59. The van der Waals surface area contributed by atoms with E-state index < -0.39 is 15.9 Å². The molecule has 0 bridgehead atoms. The number of rotatable bonds is 6. The molecule has 0 heterocycles. The molecular formula is C19H22IN3O3S. The minimum absolute atomic E-state index is 0.343. The van der Waals surface area contributed by atoms with Crippen molar-refractivity contribution in [1.29, 1.82) is 0 Å². The van der Waals surface area contributed by atoms with E-state index >= 15 is 0 Å². The van der Waals surface area contributed by atoms with Crippen LogP contribution in [0.2, 0.25) is 0 Å². The van der Waals surface area contributed by atoms with Gasteiger partial charge >= 0.3 is 0 Å². The predicted octanol–water partition coefficient (Wildman–Crippen LogP) is 3.21. The molecule has 0 unspecified atom stereocenters. The fourth-order valence-corrected chi connectivity index (χ4v) is 3.76. The monoisotopic (exact) mass is 499 g/mol. The van der Waals surface area contributed by atoms with Crippen molar-refractivity contribution in [3.63, 3.8) is 0 Å². The molecule has 0 spiro atoms. The van der Waals surface area contributed by atoms with Crippen LogP contribution in [0.1, 0.15) is 23.6 Å². The second kappa shape index (κ2) is 8.83. The summed E-state index contributed by atoms with van der Waals surface area (Å²) < 4.78 is 26.5. The first kappa shape index (κ1) is 21.4. The van der Waals surface area contributed by atoms with Gasteiger partial charge in [0.25, 0.3) is 5.91 Å². The van der Waals surface area contributed by atoms with Crippen molar-refractivity contribution in [3.05, 3.63) is 62.7 Å². The number of nitrogens with zero attached hydrogens (tertiary/aromatic N) is 2. The van der Waals surface area contributed by atoms with Gasteiger partial charge in [0.2, 0.25) is 10.0 Å². The lowest BCUT2D eigenvalue weighted by Gasteiger charge is -2.22. The molecule has 27 heavy (non-hydrogen) atoms. The van der Waals surface area contributed by atoms with Gasteiger partial charge in [0.15, 0.2) is 0 Å². The van der Waals surface area contributed by atoms with Crippen LogP contribution in [-0.2, 0) is 14.8 Å². The molecule has 0 atom stereocenters. The zero-order valence-corrected chi connectivity index (χ0v) is 18.6. The molecule has 1 N–H and O–H groups in total. The highest BCUT2D eigenvalue weighted by molar-refractivity contribution is 14.1. The molecule has 0 aromatic heterocycles. The van der Waals surface area contributed by atoms with Crippen molar-refractivity contribution in [1.82, 2.24) is 5.43 Å². The number of amides is 1. The third kappa shape index (κ3) is 6.03. The first-order valence-electron chi connectivity index (χ1n) is 8.22. The number of hydrazone groups is 1. The Morgan fingerprint density at radius 3 is 2.44 bits per heavy atom. The third-order valence-corrected chi connectivity index (χ3v) is 5.87. The Bertz CT molecular complexity index is 987. The molecular weight excluding hydrogens is 477 g/mol. The van der Waals surface area contributed by atoms with E-state index in [0.717, 1.165) is 30.8 Å². The lowest BCUT2D eigenvalue weighted by Crippen LogP contribution is -2.39. The van der Waals surface area contributed by atoms with Crippen LogP contribution in [0.15, 0.2) is 47.6 Å². The fourth-order valence-electron chi connectivity index (χ4n) is 2.37. The topological polar surface area (TPSA) is 78.8 Å². The first-order valence-corrected chi connectivity index (χ1v) is 11.1. The maximum Gasteiger partial charge on any atom is 0.260 e. The van der Waals surface area contributed by atoms with Crippen molar-refractivity contribution in [2.45, 2.75) is 20.8 Å². The molecule has 2 rings (SSSR count). The second-order valence-corrected chi connectivity index (χ2v) is 9.43. The van der Waals surface area contributed by atoms with Crippen LogP contribution in [0.4, 0.5) is 5.69 Å². The highest BCUT2D eigenvalue weighted by Crippen LogP contribution is 2.21. The van der Waals surface area contributed by atoms with Crippen LogP contribution in [0.5, 0.6) is 0 Å². The van der Waals surface area contributed by atoms with Crippen molar-refractivity contribution in [2.75, 3.05) is 17.1 Å². The summed E-state index contributed by atoms with van der Waals surface area (Å²) in [5.41, 5.74) is 6.42. The van der Waals surface area contributed by atoms with Crippen molar-refractivity contribution in [3.8, 4) is 0 Å². The van der Waals surface area contributed by atoms with E-state index in [1.165, 1.54) is 0 Å². The lowest BCUT2D eigenvalue weighted by atomic mass is 10.1. The van der Waals surface area contributed by atoms with Gasteiger partial charge in [-0.15, -0.1) is 0 Å². The molecule has 6 nitrogen and oxygen atoms in total. The number of benzene rings is 2. The van der Waals surface area contributed by atoms with Crippen LogP contribution in [0.3, 0.4) is 0 Å². The highest BCUT2D eigenvalue weighted by Gasteiger charge is 2.21. The molecule has 8 heteroatoms. The molecule has 0 aliphatic carbocycles. The Kier molecular flexibility index (Phi) is 6.99. The van der Waals surface area contributed by atoms with Gasteiger partial charge in [0.05, 0.1) is 17.7 Å². The van der Waals surface area contributed by atoms with Crippen LogP contribution >= 0.6 is 22.6 Å². The van der Waals surface area contributed by atoms with Crippen molar-refractivity contribution >= 4 is 49.9 Å². The van der Waals surface area contributed by atoms with Gasteiger partial charge in [0, 0.05) is 3.57 Å². The fraction of sp³-hybridized carbons (Fsp3) is 0.263. The maximum atomic E-state index is 12.3. The minimum Gasteiger partial charge on any atom is -0.271 e. The van der Waals surface area contributed by atoms with E-state index in [-0.39, 0.29) is 6.54 Å². The Balaban J connectivity index is 2.17. The van der Waals surface area contributed by atoms with Gasteiger partial charge < -0.3 is 0 Å². The predicted molar refractivity (Wildman–Crippen MR) is 118 cm³/mol. The lowest BCUT2D eigenvalue weighted by molar-refractivity contribution is -0.119. The Morgan fingerprint density at radius 2 is 1.85 bits per heavy atom. The smallest absolute Gasteiger partial charge is 0.260 e.